The van der Waals surface area contributed by atoms with E-state index in [4.69, 9.17) is 6.42 Å². The van der Waals surface area contributed by atoms with E-state index in [1.807, 2.05) is 0 Å². The lowest BCUT2D eigenvalue weighted by Gasteiger charge is -2.16. The maximum atomic E-state index is 5.25. The highest BCUT2D eigenvalue weighted by atomic mass is 14.1. The van der Waals surface area contributed by atoms with Gasteiger partial charge in [0.15, 0.2) is 0 Å². The lowest BCUT2D eigenvalue weighted by atomic mass is 9.89. The van der Waals surface area contributed by atoms with Crippen LogP contribution in [0.2, 0.25) is 0 Å². The maximum absolute atomic E-state index is 5.25. The molecule has 16 heavy (non-hydrogen) atoms. The fourth-order valence-corrected chi connectivity index (χ4v) is 2.50. The second-order valence-electron chi connectivity index (χ2n) is 4.72. The standard InChI is InChI=1S/C16H20/c1-2-3-4-5-8-14-11-12-15-9-6-7-10-16(15)13-14/h1,11-13H,3-10H2. The molecule has 0 amide bonds. The third-order valence-electron chi connectivity index (χ3n) is 3.45. The van der Waals surface area contributed by atoms with Gasteiger partial charge in [-0.05, 0) is 61.6 Å². The van der Waals surface area contributed by atoms with E-state index >= 15 is 0 Å². The van der Waals surface area contributed by atoms with Crippen molar-refractivity contribution >= 4 is 0 Å². The molecule has 0 saturated heterocycles. The van der Waals surface area contributed by atoms with Gasteiger partial charge in [-0.1, -0.05) is 18.2 Å². The Morgan fingerprint density at radius 1 is 1.06 bits per heavy atom. The maximum Gasteiger partial charge on any atom is 0.00861 e. The smallest absolute Gasteiger partial charge is 0.00861 e. The van der Waals surface area contributed by atoms with Crippen LogP contribution in [0.15, 0.2) is 18.2 Å². The molecule has 2 rings (SSSR count). The van der Waals surface area contributed by atoms with Crippen LogP contribution in [-0.4, -0.2) is 0 Å². The van der Waals surface area contributed by atoms with Crippen molar-refractivity contribution in [1.29, 1.82) is 0 Å². The zero-order valence-corrected chi connectivity index (χ0v) is 9.97. The van der Waals surface area contributed by atoms with Crippen LogP contribution in [0.5, 0.6) is 0 Å². The first kappa shape index (κ1) is 11.3. The minimum Gasteiger partial charge on any atom is -0.120 e. The number of hydrogen-bond donors (Lipinski definition) is 0. The van der Waals surface area contributed by atoms with Gasteiger partial charge >= 0.3 is 0 Å². The Morgan fingerprint density at radius 2 is 1.88 bits per heavy atom. The van der Waals surface area contributed by atoms with Crippen LogP contribution in [0.4, 0.5) is 0 Å². The van der Waals surface area contributed by atoms with Crippen molar-refractivity contribution in [2.75, 3.05) is 0 Å². The van der Waals surface area contributed by atoms with Crippen LogP contribution in [0.3, 0.4) is 0 Å². The average molecular weight is 212 g/mol. The molecule has 0 unspecified atom stereocenters. The lowest BCUT2D eigenvalue weighted by molar-refractivity contribution is 0.682. The number of terminal acetylenes is 1. The van der Waals surface area contributed by atoms with Gasteiger partial charge in [-0.25, -0.2) is 0 Å². The topological polar surface area (TPSA) is 0 Å². The first-order valence-corrected chi connectivity index (χ1v) is 6.44. The van der Waals surface area contributed by atoms with E-state index in [2.05, 4.69) is 24.1 Å². The largest absolute Gasteiger partial charge is 0.120 e. The minimum absolute atomic E-state index is 0.922. The molecular weight excluding hydrogens is 192 g/mol. The predicted octanol–water partition coefficient (Wildman–Crippen LogP) is 3.91. The molecule has 0 atom stereocenters. The van der Waals surface area contributed by atoms with Gasteiger partial charge in [0.05, 0.1) is 0 Å². The van der Waals surface area contributed by atoms with Gasteiger partial charge in [0.1, 0.15) is 0 Å². The molecule has 0 N–H and O–H groups in total. The lowest BCUT2D eigenvalue weighted by Crippen LogP contribution is -2.03. The summed E-state index contributed by atoms with van der Waals surface area (Å²) < 4.78 is 0. The van der Waals surface area contributed by atoms with Gasteiger partial charge < -0.3 is 0 Å². The highest BCUT2D eigenvalue weighted by Gasteiger charge is 2.08. The van der Waals surface area contributed by atoms with Crippen LogP contribution >= 0.6 is 0 Å². The molecule has 0 radical (unpaired) electrons. The molecule has 0 fully saturated rings. The van der Waals surface area contributed by atoms with Crippen LogP contribution in [0.25, 0.3) is 0 Å². The normalized spacial score (nSPS) is 14.2. The van der Waals surface area contributed by atoms with E-state index in [-0.39, 0.29) is 0 Å². The van der Waals surface area contributed by atoms with Crippen LogP contribution in [0, 0.1) is 12.3 Å². The Kier molecular flexibility index (Phi) is 4.05. The van der Waals surface area contributed by atoms with Crippen molar-refractivity contribution in [3.05, 3.63) is 34.9 Å². The molecule has 0 bridgehead atoms. The molecule has 0 aromatic heterocycles. The van der Waals surface area contributed by atoms with Gasteiger partial charge in [-0.15, -0.1) is 12.3 Å². The number of rotatable bonds is 4. The zero-order valence-electron chi connectivity index (χ0n) is 9.97. The molecule has 0 aliphatic heterocycles. The van der Waals surface area contributed by atoms with Crippen molar-refractivity contribution in [2.45, 2.75) is 51.4 Å². The van der Waals surface area contributed by atoms with Crippen LogP contribution in [0.1, 0.15) is 48.8 Å². The van der Waals surface area contributed by atoms with E-state index in [1.54, 1.807) is 11.1 Å². The molecule has 0 heteroatoms. The van der Waals surface area contributed by atoms with Crippen molar-refractivity contribution in [1.82, 2.24) is 0 Å². The molecule has 84 valence electrons. The van der Waals surface area contributed by atoms with Gasteiger partial charge in [0.2, 0.25) is 0 Å². The molecule has 0 spiro atoms. The quantitative estimate of drug-likeness (QED) is 0.524. The fraction of sp³-hybridized carbons (Fsp3) is 0.500. The second kappa shape index (κ2) is 5.75. The summed E-state index contributed by atoms with van der Waals surface area (Å²) in [4.78, 5) is 0. The molecular formula is C16H20. The third-order valence-corrected chi connectivity index (χ3v) is 3.45. The van der Waals surface area contributed by atoms with Gasteiger partial charge in [-0.2, -0.15) is 0 Å². The second-order valence-corrected chi connectivity index (χ2v) is 4.72. The summed E-state index contributed by atoms with van der Waals surface area (Å²) in [7, 11) is 0. The summed E-state index contributed by atoms with van der Waals surface area (Å²) in [5.74, 6) is 2.70. The predicted molar refractivity (Wildman–Crippen MR) is 69.5 cm³/mol. The summed E-state index contributed by atoms with van der Waals surface area (Å²) in [6.07, 6.45) is 15.1. The Balaban J connectivity index is 1.93. The Labute approximate surface area is 99.1 Å². The summed E-state index contributed by atoms with van der Waals surface area (Å²) in [6, 6.07) is 7.06. The van der Waals surface area contributed by atoms with E-state index in [1.165, 1.54) is 44.1 Å². The summed E-state index contributed by atoms with van der Waals surface area (Å²) in [6.45, 7) is 0. The van der Waals surface area contributed by atoms with E-state index < -0.39 is 0 Å². The highest BCUT2D eigenvalue weighted by Crippen LogP contribution is 2.22. The average Bonchev–Trinajstić information content (AvgIpc) is 2.34. The Bertz CT molecular complexity index is 382. The van der Waals surface area contributed by atoms with Crippen LogP contribution in [-0.2, 0) is 19.3 Å². The van der Waals surface area contributed by atoms with Crippen LogP contribution < -0.4 is 0 Å². The minimum atomic E-state index is 0.922. The molecule has 0 saturated carbocycles. The first-order chi connectivity index (χ1) is 7.90. The fourth-order valence-electron chi connectivity index (χ4n) is 2.50. The first-order valence-electron chi connectivity index (χ1n) is 6.44. The summed E-state index contributed by atoms with van der Waals surface area (Å²) >= 11 is 0. The Morgan fingerprint density at radius 3 is 2.69 bits per heavy atom. The van der Waals surface area contributed by atoms with Gasteiger partial charge in [-0.3, -0.25) is 0 Å². The van der Waals surface area contributed by atoms with E-state index in [0.717, 1.165) is 12.8 Å². The molecule has 0 heterocycles. The molecule has 1 aromatic rings. The van der Waals surface area contributed by atoms with Crippen molar-refractivity contribution in [2.24, 2.45) is 0 Å². The molecule has 1 aromatic carbocycles. The number of benzene rings is 1. The molecule has 0 nitrogen and oxygen atoms in total. The molecule has 1 aliphatic carbocycles. The van der Waals surface area contributed by atoms with Gasteiger partial charge in [0, 0.05) is 6.42 Å². The Hall–Kier alpha value is -1.22. The third kappa shape index (κ3) is 2.89. The molecule has 1 aliphatic rings. The van der Waals surface area contributed by atoms with Crippen molar-refractivity contribution in [3.8, 4) is 12.3 Å². The van der Waals surface area contributed by atoms with Crippen molar-refractivity contribution in [3.63, 3.8) is 0 Å². The van der Waals surface area contributed by atoms with E-state index in [9.17, 15) is 0 Å². The summed E-state index contributed by atoms with van der Waals surface area (Å²) in [5, 5.41) is 0. The number of unbranched alkanes of at least 4 members (excludes halogenated alkanes) is 2. The number of aryl methyl sites for hydroxylation is 3. The monoisotopic (exact) mass is 212 g/mol. The van der Waals surface area contributed by atoms with Gasteiger partial charge in [0.25, 0.3) is 0 Å². The SMILES string of the molecule is C#CCCCCc1ccc2c(c1)CCCC2. The van der Waals surface area contributed by atoms with Crippen molar-refractivity contribution < 1.29 is 0 Å². The number of hydrogen-bond acceptors (Lipinski definition) is 0. The van der Waals surface area contributed by atoms with E-state index in [0.29, 0.717) is 0 Å². The zero-order chi connectivity index (χ0) is 11.2. The summed E-state index contributed by atoms with van der Waals surface area (Å²) in [5.41, 5.74) is 4.68. The highest BCUT2D eigenvalue weighted by molar-refractivity contribution is 5.33. The number of fused-ring (bicyclic) bond motifs is 1.